The molecule has 4 rings (SSSR count). The van der Waals surface area contributed by atoms with Gasteiger partial charge in [-0.3, -0.25) is 9.89 Å². The third kappa shape index (κ3) is 4.18. The smallest absolute Gasteiger partial charge is 0.220 e. The summed E-state index contributed by atoms with van der Waals surface area (Å²) in [5, 5.41) is 10.6. The Kier molecular flexibility index (Phi) is 5.76. The molecule has 0 atom stereocenters. The van der Waals surface area contributed by atoms with Crippen molar-refractivity contribution in [3.05, 3.63) is 70.5 Å². The third-order valence-electron chi connectivity index (χ3n) is 5.18. The summed E-state index contributed by atoms with van der Waals surface area (Å²) >= 11 is 5.09. The lowest BCUT2D eigenvalue weighted by molar-refractivity contribution is -0.121. The van der Waals surface area contributed by atoms with Gasteiger partial charge in [0, 0.05) is 43.0 Å². The van der Waals surface area contributed by atoms with Crippen LogP contribution in [-0.4, -0.2) is 32.2 Å². The van der Waals surface area contributed by atoms with E-state index in [4.69, 9.17) is 12.2 Å². The highest BCUT2D eigenvalue weighted by Gasteiger charge is 2.15. The maximum absolute atomic E-state index is 13.9. The SMILES string of the molecule is Cn1c(CCNC(=O)CCc2c(-c3ccccc3)[nH]c3ccc(F)cc23)n[nH]c1=S. The molecule has 0 aliphatic rings. The molecule has 0 saturated carbocycles. The highest BCUT2D eigenvalue weighted by Crippen LogP contribution is 2.31. The summed E-state index contributed by atoms with van der Waals surface area (Å²) in [6.07, 6.45) is 1.40. The Balaban J connectivity index is 1.47. The van der Waals surface area contributed by atoms with Gasteiger partial charge in [0.05, 0.1) is 0 Å². The highest BCUT2D eigenvalue weighted by molar-refractivity contribution is 7.71. The van der Waals surface area contributed by atoms with Crippen molar-refractivity contribution in [2.75, 3.05) is 6.54 Å². The molecule has 0 bridgehead atoms. The van der Waals surface area contributed by atoms with Crippen LogP contribution in [0.5, 0.6) is 0 Å². The molecule has 0 aliphatic heterocycles. The molecule has 30 heavy (non-hydrogen) atoms. The van der Waals surface area contributed by atoms with Gasteiger partial charge in [0.25, 0.3) is 0 Å². The van der Waals surface area contributed by atoms with Gasteiger partial charge in [-0.05, 0) is 48.0 Å². The first-order chi connectivity index (χ1) is 14.5. The molecule has 1 amide bonds. The molecule has 0 radical (unpaired) electrons. The van der Waals surface area contributed by atoms with Gasteiger partial charge in [-0.15, -0.1) is 0 Å². The molecule has 0 spiro atoms. The fraction of sp³-hybridized carbons (Fsp3) is 0.227. The van der Waals surface area contributed by atoms with Gasteiger partial charge in [0.15, 0.2) is 4.77 Å². The number of amides is 1. The van der Waals surface area contributed by atoms with Crippen molar-refractivity contribution in [3.8, 4) is 11.3 Å². The van der Waals surface area contributed by atoms with Gasteiger partial charge in [0.2, 0.25) is 5.91 Å². The molecule has 4 aromatic rings. The molecule has 0 saturated heterocycles. The van der Waals surface area contributed by atoms with Crippen molar-refractivity contribution in [1.82, 2.24) is 25.1 Å². The van der Waals surface area contributed by atoms with Crippen molar-refractivity contribution in [3.63, 3.8) is 0 Å². The standard InChI is InChI=1S/C22H22FN5OS/c1-28-19(26-27-22(28)30)11-12-24-20(29)10-8-16-17-13-15(23)7-9-18(17)25-21(16)14-5-3-2-4-6-14/h2-7,9,13,25H,8,10-12H2,1H3,(H,24,29)(H,27,30). The average molecular weight is 424 g/mol. The van der Waals surface area contributed by atoms with Crippen molar-refractivity contribution in [2.45, 2.75) is 19.3 Å². The minimum Gasteiger partial charge on any atom is -0.356 e. The predicted molar refractivity (Wildman–Crippen MR) is 117 cm³/mol. The number of carbonyl (C=O) groups is 1. The zero-order chi connectivity index (χ0) is 21.1. The molecule has 154 valence electrons. The number of hydrogen-bond acceptors (Lipinski definition) is 3. The van der Waals surface area contributed by atoms with Crippen LogP contribution in [0.3, 0.4) is 0 Å². The Labute approximate surface area is 178 Å². The van der Waals surface area contributed by atoms with Gasteiger partial charge in [0.1, 0.15) is 11.6 Å². The second-order valence-electron chi connectivity index (χ2n) is 7.14. The van der Waals surface area contributed by atoms with Crippen LogP contribution in [-0.2, 0) is 24.7 Å². The first kappa shape index (κ1) is 20.0. The van der Waals surface area contributed by atoms with Gasteiger partial charge in [-0.25, -0.2) is 4.39 Å². The quantitative estimate of drug-likeness (QED) is 0.392. The number of benzene rings is 2. The Hall–Kier alpha value is -3.26. The Bertz CT molecular complexity index is 1240. The van der Waals surface area contributed by atoms with E-state index in [9.17, 15) is 9.18 Å². The van der Waals surface area contributed by atoms with Gasteiger partial charge in [-0.1, -0.05) is 30.3 Å². The van der Waals surface area contributed by atoms with Crippen molar-refractivity contribution < 1.29 is 9.18 Å². The Morgan fingerprint density at radius 2 is 2.00 bits per heavy atom. The van der Waals surface area contributed by atoms with Crippen LogP contribution in [0.4, 0.5) is 4.39 Å². The third-order valence-corrected chi connectivity index (χ3v) is 5.54. The minimum absolute atomic E-state index is 0.0587. The van der Waals surface area contributed by atoms with Crippen molar-refractivity contribution in [1.29, 1.82) is 0 Å². The lowest BCUT2D eigenvalue weighted by Gasteiger charge is -2.07. The number of hydrogen-bond donors (Lipinski definition) is 3. The van der Waals surface area contributed by atoms with Crippen LogP contribution >= 0.6 is 12.2 Å². The molecule has 8 heteroatoms. The minimum atomic E-state index is -0.292. The van der Waals surface area contributed by atoms with E-state index in [-0.39, 0.29) is 11.7 Å². The summed E-state index contributed by atoms with van der Waals surface area (Å²) in [6.45, 7) is 0.473. The normalized spacial score (nSPS) is 11.1. The van der Waals surface area contributed by atoms with Crippen LogP contribution in [0, 0.1) is 10.6 Å². The molecular weight excluding hydrogens is 401 g/mol. The lowest BCUT2D eigenvalue weighted by atomic mass is 10.0. The summed E-state index contributed by atoms with van der Waals surface area (Å²) in [7, 11) is 1.84. The first-order valence-electron chi connectivity index (χ1n) is 9.75. The summed E-state index contributed by atoms with van der Waals surface area (Å²) in [5.41, 5.74) is 3.73. The fourth-order valence-corrected chi connectivity index (χ4v) is 3.73. The monoisotopic (exact) mass is 423 g/mol. The Morgan fingerprint density at radius 1 is 1.20 bits per heavy atom. The molecule has 0 fully saturated rings. The molecule has 2 aromatic heterocycles. The summed E-state index contributed by atoms with van der Waals surface area (Å²) in [6, 6.07) is 14.6. The topological polar surface area (TPSA) is 78.5 Å². The van der Waals surface area contributed by atoms with E-state index in [2.05, 4.69) is 20.5 Å². The van der Waals surface area contributed by atoms with Gasteiger partial charge in [-0.2, -0.15) is 5.10 Å². The highest BCUT2D eigenvalue weighted by atomic mass is 32.1. The number of H-pyrrole nitrogens is 2. The number of nitrogens with zero attached hydrogens (tertiary/aromatic N) is 2. The summed E-state index contributed by atoms with van der Waals surface area (Å²) in [4.78, 5) is 15.8. The van der Waals surface area contributed by atoms with E-state index in [1.54, 1.807) is 10.6 Å². The van der Waals surface area contributed by atoms with E-state index in [1.807, 2.05) is 37.4 Å². The summed E-state index contributed by atoms with van der Waals surface area (Å²) in [5.74, 6) is 0.440. The Morgan fingerprint density at radius 3 is 2.73 bits per heavy atom. The number of rotatable bonds is 7. The number of aromatic nitrogens is 4. The lowest BCUT2D eigenvalue weighted by Crippen LogP contribution is -2.26. The number of fused-ring (bicyclic) bond motifs is 1. The van der Waals surface area contributed by atoms with Crippen LogP contribution in [0.15, 0.2) is 48.5 Å². The van der Waals surface area contributed by atoms with Crippen LogP contribution < -0.4 is 5.32 Å². The maximum Gasteiger partial charge on any atom is 0.220 e. The fourth-order valence-electron chi connectivity index (χ4n) is 3.57. The second-order valence-corrected chi connectivity index (χ2v) is 7.53. The molecule has 3 N–H and O–H groups in total. The van der Waals surface area contributed by atoms with E-state index >= 15 is 0 Å². The second kappa shape index (κ2) is 8.62. The van der Waals surface area contributed by atoms with E-state index in [1.165, 1.54) is 12.1 Å². The zero-order valence-corrected chi connectivity index (χ0v) is 17.4. The van der Waals surface area contributed by atoms with E-state index < -0.39 is 0 Å². The molecule has 2 aromatic carbocycles. The number of halogens is 1. The predicted octanol–water partition coefficient (Wildman–Crippen LogP) is 4.06. The first-order valence-corrected chi connectivity index (χ1v) is 10.2. The van der Waals surface area contributed by atoms with E-state index in [0.717, 1.165) is 33.5 Å². The van der Waals surface area contributed by atoms with Crippen LogP contribution in [0.25, 0.3) is 22.2 Å². The van der Waals surface area contributed by atoms with Crippen molar-refractivity contribution in [2.24, 2.45) is 7.05 Å². The zero-order valence-electron chi connectivity index (χ0n) is 16.5. The average Bonchev–Trinajstić information content (AvgIpc) is 3.27. The van der Waals surface area contributed by atoms with Crippen molar-refractivity contribution >= 4 is 29.0 Å². The number of nitrogens with one attached hydrogen (secondary N) is 3. The van der Waals surface area contributed by atoms with E-state index in [0.29, 0.717) is 30.6 Å². The van der Waals surface area contributed by atoms with Gasteiger partial charge >= 0.3 is 0 Å². The largest absolute Gasteiger partial charge is 0.356 e. The molecule has 2 heterocycles. The number of aromatic amines is 2. The molecular formula is C22H22FN5OS. The summed E-state index contributed by atoms with van der Waals surface area (Å²) < 4.78 is 16.2. The number of aryl methyl sites for hydroxylation is 1. The maximum atomic E-state index is 13.9. The molecule has 6 nitrogen and oxygen atoms in total. The molecule has 0 unspecified atom stereocenters. The van der Waals surface area contributed by atoms with Crippen LogP contribution in [0.2, 0.25) is 0 Å². The van der Waals surface area contributed by atoms with Gasteiger partial charge < -0.3 is 14.9 Å². The molecule has 0 aliphatic carbocycles. The van der Waals surface area contributed by atoms with Crippen LogP contribution in [0.1, 0.15) is 17.8 Å². The number of carbonyl (C=O) groups excluding carboxylic acids is 1.